The summed E-state index contributed by atoms with van der Waals surface area (Å²) in [6.07, 6.45) is 2.48. The number of carbonyl (C=O) groups is 2. The van der Waals surface area contributed by atoms with E-state index in [2.05, 4.69) is 0 Å². The molecule has 0 bridgehead atoms. The van der Waals surface area contributed by atoms with Gasteiger partial charge < -0.3 is 10.0 Å². The highest BCUT2D eigenvalue weighted by Crippen LogP contribution is 2.42. The van der Waals surface area contributed by atoms with E-state index in [1.54, 1.807) is 0 Å². The van der Waals surface area contributed by atoms with Gasteiger partial charge in [-0.05, 0) is 12.8 Å². The molecule has 1 fully saturated rings. The summed E-state index contributed by atoms with van der Waals surface area (Å²) in [6.45, 7) is 0.0344. The monoisotopic (exact) mass is 263 g/mol. The summed E-state index contributed by atoms with van der Waals surface area (Å²) in [5.41, 5.74) is -1.31. The third-order valence-electron chi connectivity index (χ3n) is 3.17. The molecule has 1 N–H and O–H groups in total. The molecule has 7 heteroatoms. The van der Waals surface area contributed by atoms with Crippen molar-refractivity contribution in [2.45, 2.75) is 19.3 Å². The maximum atomic E-state index is 12.0. The number of nitrogens with zero attached hydrogens (tertiary/aromatic N) is 1. The molecule has 0 aliphatic heterocycles. The van der Waals surface area contributed by atoms with Crippen LogP contribution in [0.5, 0.6) is 0 Å². The molecule has 0 radical (unpaired) electrons. The second-order valence-electron chi connectivity index (χ2n) is 4.60. The summed E-state index contributed by atoms with van der Waals surface area (Å²) in [4.78, 5) is 24.2. The van der Waals surface area contributed by atoms with Crippen LogP contribution in [0.1, 0.15) is 19.3 Å². The molecule has 1 aliphatic rings. The van der Waals surface area contributed by atoms with Gasteiger partial charge >= 0.3 is 5.97 Å². The van der Waals surface area contributed by atoms with E-state index < -0.39 is 27.1 Å². The van der Waals surface area contributed by atoms with Gasteiger partial charge in [-0.15, -0.1) is 0 Å². The van der Waals surface area contributed by atoms with Crippen molar-refractivity contribution in [2.75, 3.05) is 25.6 Å². The lowest BCUT2D eigenvalue weighted by molar-refractivity contribution is -0.166. The van der Waals surface area contributed by atoms with Crippen LogP contribution in [0, 0.1) is 5.41 Å². The summed E-state index contributed by atoms with van der Waals surface area (Å²) in [6, 6.07) is 0. The topological polar surface area (TPSA) is 91.8 Å². The first-order chi connectivity index (χ1) is 7.69. The van der Waals surface area contributed by atoms with Crippen LogP contribution in [0.25, 0.3) is 0 Å². The van der Waals surface area contributed by atoms with Gasteiger partial charge in [-0.3, -0.25) is 9.59 Å². The zero-order chi connectivity index (χ0) is 13.3. The van der Waals surface area contributed by atoms with Crippen LogP contribution in [-0.4, -0.2) is 55.9 Å². The molecule has 1 rings (SSSR count). The molecule has 1 aliphatic carbocycles. The first-order valence-corrected chi connectivity index (χ1v) is 7.42. The van der Waals surface area contributed by atoms with Gasteiger partial charge in [0.1, 0.15) is 15.3 Å². The molecule has 0 spiro atoms. The summed E-state index contributed by atoms with van der Waals surface area (Å²) in [5.74, 6) is -1.75. The Labute approximate surface area is 101 Å². The summed E-state index contributed by atoms with van der Waals surface area (Å²) in [7, 11) is -1.71. The van der Waals surface area contributed by atoms with Crippen LogP contribution in [0.3, 0.4) is 0 Å². The molecule has 0 heterocycles. The van der Waals surface area contributed by atoms with Crippen LogP contribution in [0.15, 0.2) is 0 Å². The van der Waals surface area contributed by atoms with E-state index in [9.17, 15) is 18.0 Å². The van der Waals surface area contributed by atoms with Crippen molar-refractivity contribution >= 4 is 21.7 Å². The van der Waals surface area contributed by atoms with Crippen molar-refractivity contribution in [3.63, 3.8) is 0 Å². The third-order valence-corrected chi connectivity index (χ3v) is 4.09. The van der Waals surface area contributed by atoms with Crippen LogP contribution in [0.2, 0.25) is 0 Å². The number of aliphatic carboxylic acids is 1. The van der Waals surface area contributed by atoms with Gasteiger partial charge in [0.2, 0.25) is 5.91 Å². The molecular formula is C10H17NO5S. The van der Waals surface area contributed by atoms with Crippen molar-refractivity contribution in [1.29, 1.82) is 0 Å². The van der Waals surface area contributed by atoms with E-state index in [0.29, 0.717) is 12.8 Å². The minimum absolute atomic E-state index is 0.0344. The van der Waals surface area contributed by atoms with E-state index in [-0.39, 0.29) is 12.3 Å². The van der Waals surface area contributed by atoms with Crippen molar-refractivity contribution in [3.8, 4) is 0 Å². The standard InChI is InChI=1S/C10H17NO5S/c1-11(6-7-17(2,15)16)8(12)10(9(13)14)4-3-5-10/h3-7H2,1-2H3,(H,13,14). The van der Waals surface area contributed by atoms with Gasteiger partial charge in [0.15, 0.2) is 0 Å². The Morgan fingerprint density at radius 1 is 1.35 bits per heavy atom. The normalized spacial score (nSPS) is 18.2. The summed E-state index contributed by atoms with van der Waals surface area (Å²) >= 11 is 0. The number of rotatable bonds is 5. The number of carbonyl (C=O) groups excluding carboxylic acids is 1. The van der Waals surface area contributed by atoms with Gasteiger partial charge in [0.25, 0.3) is 0 Å². The maximum Gasteiger partial charge on any atom is 0.319 e. The lowest BCUT2D eigenvalue weighted by Gasteiger charge is -2.38. The van der Waals surface area contributed by atoms with Gasteiger partial charge in [0, 0.05) is 19.8 Å². The van der Waals surface area contributed by atoms with Crippen LogP contribution in [0.4, 0.5) is 0 Å². The molecule has 0 aromatic carbocycles. The molecule has 17 heavy (non-hydrogen) atoms. The van der Waals surface area contributed by atoms with E-state index >= 15 is 0 Å². The Morgan fingerprint density at radius 3 is 2.18 bits per heavy atom. The van der Waals surface area contributed by atoms with E-state index in [1.165, 1.54) is 11.9 Å². The Balaban J connectivity index is 2.66. The van der Waals surface area contributed by atoms with E-state index in [1.807, 2.05) is 0 Å². The first-order valence-electron chi connectivity index (χ1n) is 5.36. The largest absolute Gasteiger partial charge is 0.480 e. The lowest BCUT2D eigenvalue weighted by atomic mass is 9.68. The summed E-state index contributed by atoms with van der Waals surface area (Å²) in [5, 5.41) is 9.07. The number of carboxylic acid groups (broad SMARTS) is 1. The predicted molar refractivity (Wildman–Crippen MR) is 61.3 cm³/mol. The fourth-order valence-electron chi connectivity index (χ4n) is 1.82. The molecule has 0 saturated heterocycles. The zero-order valence-electron chi connectivity index (χ0n) is 9.97. The number of sulfone groups is 1. The maximum absolute atomic E-state index is 12.0. The van der Waals surface area contributed by atoms with Crippen molar-refractivity contribution in [1.82, 2.24) is 4.90 Å². The van der Waals surface area contributed by atoms with Crippen molar-refractivity contribution in [3.05, 3.63) is 0 Å². The first kappa shape index (κ1) is 14.0. The Hall–Kier alpha value is -1.11. The van der Waals surface area contributed by atoms with Gasteiger partial charge in [-0.1, -0.05) is 6.42 Å². The van der Waals surface area contributed by atoms with Crippen LogP contribution >= 0.6 is 0 Å². The molecule has 0 unspecified atom stereocenters. The average Bonchev–Trinajstić information content (AvgIpc) is 2.10. The van der Waals surface area contributed by atoms with Crippen LogP contribution < -0.4 is 0 Å². The number of carboxylic acids is 1. The Kier molecular flexibility index (Phi) is 3.81. The number of hydrogen-bond acceptors (Lipinski definition) is 4. The average molecular weight is 263 g/mol. The Morgan fingerprint density at radius 2 is 1.88 bits per heavy atom. The molecule has 0 aromatic heterocycles. The molecule has 0 aromatic rings. The molecule has 1 saturated carbocycles. The smallest absolute Gasteiger partial charge is 0.319 e. The quantitative estimate of drug-likeness (QED) is 0.690. The Bertz CT molecular complexity index is 424. The third kappa shape index (κ3) is 2.96. The second-order valence-corrected chi connectivity index (χ2v) is 6.86. The molecule has 6 nitrogen and oxygen atoms in total. The SMILES string of the molecule is CN(CCS(C)(=O)=O)C(=O)C1(C(=O)O)CCC1. The minimum atomic E-state index is -3.15. The molecule has 0 atom stereocenters. The zero-order valence-corrected chi connectivity index (χ0v) is 10.8. The highest BCUT2D eigenvalue weighted by molar-refractivity contribution is 7.90. The fraction of sp³-hybridized carbons (Fsp3) is 0.800. The highest BCUT2D eigenvalue weighted by atomic mass is 32.2. The number of hydrogen-bond donors (Lipinski definition) is 1. The van der Waals surface area contributed by atoms with Gasteiger partial charge in [0.05, 0.1) is 5.75 Å². The second kappa shape index (κ2) is 4.64. The lowest BCUT2D eigenvalue weighted by Crippen LogP contribution is -2.52. The molecule has 98 valence electrons. The van der Waals surface area contributed by atoms with Crippen molar-refractivity contribution in [2.24, 2.45) is 5.41 Å². The van der Waals surface area contributed by atoms with Gasteiger partial charge in [-0.2, -0.15) is 0 Å². The molecule has 1 amide bonds. The fourth-order valence-corrected chi connectivity index (χ4v) is 2.42. The van der Waals surface area contributed by atoms with E-state index in [4.69, 9.17) is 5.11 Å². The van der Waals surface area contributed by atoms with E-state index in [0.717, 1.165) is 12.7 Å². The summed E-state index contributed by atoms with van der Waals surface area (Å²) < 4.78 is 21.9. The van der Waals surface area contributed by atoms with Crippen LogP contribution in [-0.2, 0) is 19.4 Å². The van der Waals surface area contributed by atoms with Gasteiger partial charge in [-0.25, -0.2) is 8.42 Å². The van der Waals surface area contributed by atoms with Crippen molar-refractivity contribution < 1.29 is 23.1 Å². The predicted octanol–water partition coefficient (Wildman–Crippen LogP) is -0.256. The molecular weight excluding hydrogens is 246 g/mol. The number of amides is 1. The highest BCUT2D eigenvalue weighted by Gasteiger charge is 2.52. The minimum Gasteiger partial charge on any atom is -0.480 e.